The molecule has 1 atom stereocenters. The van der Waals surface area contributed by atoms with Gasteiger partial charge in [-0.05, 0) is 12.5 Å². The summed E-state index contributed by atoms with van der Waals surface area (Å²) in [6.45, 7) is 2.36. The molecule has 10 heavy (non-hydrogen) atoms. The summed E-state index contributed by atoms with van der Waals surface area (Å²) in [4.78, 5) is 0. The van der Waals surface area contributed by atoms with Crippen molar-refractivity contribution in [3.05, 3.63) is 0 Å². The molecule has 1 unspecified atom stereocenters. The minimum absolute atomic E-state index is 0.0733. The first-order chi connectivity index (χ1) is 4.81. The van der Waals surface area contributed by atoms with Crippen LogP contribution in [0, 0.1) is 0 Å². The Labute approximate surface area is 75.3 Å². The minimum Gasteiger partial charge on any atom is -0.360 e. The predicted octanol–water partition coefficient (Wildman–Crippen LogP) is -1.57. The van der Waals surface area contributed by atoms with E-state index in [4.69, 9.17) is 11.6 Å². The molecule has 0 rings (SSSR count). The highest BCUT2D eigenvalue weighted by atomic mass is 35.5. The first-order valence-corrected chi connectivity index (χ1v) is 9.25. The van der Waals surface area contributed by atoms with Gasteiger partial charge in [0.25, 0.3) is 0 Å². The maximum atomic E-state index is 5.58. The molecule has 0 radical (unpaired) electrons. The van der Waals surface area contributed by atoms with Gasteiger partial charge in [0.15, 0.2) is 9.84 Å². The number of halogens is 1. The number of alkyl halides is 1. The normalized spacial score (nSPS) is 15.0. The maximum Gasteiger partial charge on any atom is 0.153 e. The van der Waals surface area contributed by atoms with Gasteiger partial charge in [-0.2, -0.15) is 0 Å². The summed E-state index contributed by atoms with van der Waals surface area (Å²) in [5.74, 6) is 0.828. The quantitative estimate of drug-likeness (QED) is 0.411. The monoisotopic (exact) mass is 212 g/mol. The number of nitrogens with one attached hydrogen (secondary N) is 2. The van der Waals surface area contributed by atoms with Crippen molar-refractivity contribution in [1.82, 2.24) is 9.30 Å². The van der Waals surface area contributed by atoms with Crippen LogP contribution in [0.25, 0.3) is 0 Å². The number of hydrogen-bond acceptors (Lipinski definition) is 2. The Morgan fingerprint density at radius 3 is 2.90 bits per heavy atom. The van der Waals surface area contributed by atoms with E-state index in [1.54, 1.807) is 0 Å². The fourth-order valence-corrected chi connectivity index (χ4v) is 6.86. The zero-order chi connectivity index (χ0) is 7.82. The standard InChI is InChI=1S/C4H17ClN2Si3/c1-10(4-2-3-5)7-9-6-8/h6-7,10H,2-4,9H2,1,8H3. The van der Waals surface area contributed by atoms with Crippen molar-refractivity contribution >= 4 is 40.8 Å². The Bertz CT molecular complexity index is 67.5. The molecule has 0 aromatic carbocycles. The molecule has 0 amide bonds. The largest absolute Gasteiger partial charge is 0.360 e. The van der Waals surface area contributed by atoms with E-state index in [1.807, 2.05) is 0 Å². The molecular weight excluding hydrogens is 196 g/mol. The average Bonchev–Trinajstić information content (AvgIpc) is 1.97. The SMILES string of the molecule is C[SiH](CCCCl)N[SiH2]N[SiH3]. The Kier molecular flexibility index (Phi) is 8.65. The van der Waals surface area contributed by atoms with Crippen molar-refractivity contribution in [3.63, 3.8) is 0 Å². The van der Waals surface area contributed by atoms with E-state index in [-0.39, 0.29) is 9.84 Å². The second kappa shape index (κ2) is 7.96. The summed E-state index contributed by atoms with van der Waals surface area (Å²) >= 11 is 5.58. The van der Waals surface area contributed by atoms with Crippen LogP contribution in [0.5, 0.6) is 0 Å². The Hall–Kier alpha value is 0.861. The molecule has 0 aliphatic heterocycles. The van der Waals surface area contributed by atoms with Crippen LogP contribution in [-0.2, 0) is 0 Å². The first-order valence-electron chi connectivity index (χ1n) is 3.75. The Morgan fingerprint density at radius 1 is 1.70 bits per heavy atom. The van der Waals surface area contributed by atoms with Gasteiger partial charge < -0.3 is 9.30 Å². The molecule has 0 aromatic rings. The van der Waals surface area contributed by atoms with Crippen molar-refractivity contribution < 1.29 is 0 Å². The minimum atomic E-state index is -0.550. The van der Waals surface area contributed by atoms with Crippen LogP contribution in [0.4, 0.5) is 0 Å². The highest BCUT2D eigenvalue weighted by Crippen LogP contribution is 1.95. The summed E-state index contributed by atoms with van der Waals surface area (Å²) in [6.07, 6.45) is 1.19. The molecule has 6 heteroatoms. The van der Waals surface area contributed by atoms with Crippen LogP contribution < -0.4 is 9.30 Å². The lowest BCUT2D eigenvalue weighted by Crippen LogP contribution is -2.40. The summed E-state index contributed by atoms with van der Waals surface area (Å²) in [5.41, 5.74) is 0. The zero-order valence-corrected chi connectivity index (χ0v) is 12.1. The van der Waals surface area contributed by atoms with Crippen LogP contribution in [0.15, 0.2) is 0 Å². The molecule has 0 saturated carbocycles. The van der Waals surface area contributed by atoms with Crippen LogP contribution in [0.3, 0.4) is 0 Å². The lowest BCUT2D eigenvalue weighted by Gasteiger charge is -2.09. The maximum absolute atomic E-state index is 5.58. The molecule has 0 saturated heterocycles. The molecular formula is C4H17ClN2Si3. The van der Waals surface area contributed by atoms with Gasteiger partial charge >= 0.3 is 0 Å². The van der Waals surface area contributed by atoms with E-state index in [1.165, 1.54) is 12.5 Å². The van der Waals surface area contributed by atoms with Gasteiger partial charge in [-0.3, -0.25) is 0 Å². The summed E-state index contributed by atoms with van der Waals surface area (Å²) < 4.78 is 6.95. The van der Waals surface area contributed by atoms with Crippen molar-refractivity contribution in [2.75, 3.05) is 5.88 Å². The molecule has 0 spiro atoms. The Balaban J connectivity index is 3.00. The molecule has 0 fully saturated rings. The average molecular weight is 213 g/mol. The van der Waals surface area contributed by atoms with E-state index in [9.17, 15) is 0 Å². The molecule has 0 heterocycles. The van der Waals surface area contributed by atoms with Crippen molar-refractivity contribution in [3.8, 4) is 0 Å². The van der Waals surface area contributed by atoms with Gasteiger partial charge in [-0.1, -0.05) is 6.55 Å². The topological polar surface area (TPSA) is 24.1 Å². The third kappa shape index (κ3) is 6.97. The van der Waals surface area contributed by atoms with Gasteiger partial charge in [-0.15, -0.1) is 11.6 Å². The van der Waals surface area contributed by atoms with E-state index in [0.29, 0.717) is 0 Å². The lowest BCUT2D eigenvalue weighted by atomic mass is 10.6. The predicted molar refractivity (Wildman–Crippen MR) is 57.9 cm³/mol. The summed E-state index contributed by atoms with van der Waals surface area (Å²) in [5, 5.41) is 0. The van der Waals surface area contributed by atoms with Gasteiger partial charge in [0, 0.05) is 5.88 Å². The van der Waals surface area contributed by atoms with Crippen molar-refractivity contribution in [2.45, 2.75) is 19.0 Å². The van der Waals surface area contributed by atoms with E-state index < -0.39 is 8.96 Å². The van der Waals surface area contributed by atoms with Gasteiger partial charge in [-0.25, -0.2) is 0 Å². The van der Waals surface area contributed by atoms with Crippen LogP contribution in [0.1, 0.15) is 6.42 Å². The zero-order valence-electron chi connectivity index (χ0n) is 6.78. The summed E-state index contributed by atoms with van der Waals surface area (Å²) in [6, 6.07) is 1.35. The van der Waals surface area contributed by atoms with Gasteiger partial charge in [0.05, 0.1) is 19.4 Å². The molecule has 0 bridgehead atoms. The molecule has 0 aliphatic rings. The molecule has 2 nitrogen and oxygen atoms in total. The smallest absolute Gasteiger partial charge is 0.153 e. The lowest BCUT2D eigenvalue weighted by molar-refractivity contribution is 1.06. The fourth-order valence-electron chi connectivity index (χ4n) is 0.762. The number of hydrogen-bond donors (Lipinski definition) is 2. The molecule has 0 aromatic heterocycles. The van der Waals surface area contributed by atoms with Gasteiger partial charge in [0.2, 0.25) is 0 Å². The van der Waals surface area contributed by atoms with Crippen molar-refractivity contribution in [1.29, 1.82) is 0 Å². The van der Waals surface area contributed by atoms with Crippen molar-refractivity contribution in [2.24, 2.45) is 0 Å². The van der Waals surface area contributed by atoms with Gasteiger partial charge in [0.1, 0.15) is 0 Å². The second-order valence-electron chi connectivity index (χ2n) is 2.47. The summed E-state index contributed by atoms with van der Waals surface area (Å²) in [7, 11) is 0.521. The third-order valence-electron chi connectivity index (χ3n) is 1.40. The first kappa shape index (κ1) is 10.9. The fraction of sp³-hybridized carbons (Fsp3) is 1.00. The van der Waals surface area contributed by atoms with E-state index >= 15 is 0 Å². The molecule has 2 N–H and O–H groups in total. The number of rotatable bonds is 6. The third-order valence-corrected chi connectivity index (χ3v) is 7.96. The van der Waals surface area contributed by atoms with Crippen LogP contribution >= 0.6 is 11.6 Å². The Morgan fingerprint density at radius 2 is 2.40 bits per heavy atom. The van der Waals surface area contributed by atoms with Crippen LogP contribution in [0.2, 0.25) is 12.6 Å². The van der Waals surface area contributed by atoms with E-state index in [0.717, 1.165) is 16.3 Å². The highest BCUT2D eigenvalue weighted by molar-refractivity contribution is 6.64. The highest BCUT2D eigenvalue weighted by Gasteiger charge is 2.00. The second-order valence-corrected chi connectivity index (χ2v) is 10.0. The van der Waals surface area contributed by atoms with E-state index in [2.05, 4.69) is 15.8 Å². The van der Waals surface area contributed by atoms with Crippen LogP contribution in [-0.4, -0.2) is 35.1 Å². The molecule has 62 valence electrons. The molecule has 0 aliphatic carbocycles.